The van der Waals surface area contributed by atoms with Crippen molar-refractivity contribution >= 4 is 30.4 Å². The second-order valence-corrected chi connectivity index (χ2v) is 18.0. The van der Waals surface area contributed by atoms with E-state index < -0.39 is 38.0 Å². The lowest BCUT2D eigenvalue weighted by atomic mass is 9.86. The molecule has 0 radical (unpaired) electrons. The fourth-order valence-corrected chi connectivity index (χ4v) is 10.2. The summed E-state index contributed by atoms with van der Waals surface area (Å²) in [7, 11) is -2.95. The molecule has 0 fully saturated rings. The Hall–Kier alpha value is -3.42. The number of esters is 1. The van der Waals surface area contributed by atoms with Gasteiger partial charge in [0.1, 0.15) is 29.5 Å². The van der Waals surface area contributed by atoms with Crippen LogP contribution in [0, 0.1) is 35.5 Å². The molecule has 0 amide bonds. The lowest BCUT2D eigenvalue weighted by Gasteiger charge is -2.44. The average Bonchev–Trinajstić information content (AvgIpc) is 2.94. The summed E-state index contributed by atoms with van der Waals surface area (Å²) in [6, 6.07) is 20.7. The normalized spacial score (nSPS) is 22.0. The van der Waals surface area contributed by atoms with Gasteiger partial charge in [-0.25, -0.2) is 0 Å². The molecule has 1 aliphatic carbocycles. The van der Waals surface area contributed by atoms with Crippen LogP contribution in [-0.2, 0) is 18.8 Å². The molecule has 2 aromatic carbocycles. The van der Waals surface area contributed by atoms with Gasteiger partial charge in [0.25, 0.3) is 8.32 Å². The van der Waals surface area contributed by atoms with Gasteiger partial charge in [0, 0.05) is 25.7 Å². The third-order valence-corrected chi connectivity index (χ3v) is 12.9. The van der Waals surface area contributed by atoms with Crippen molar-refractivity contribution in [3.8, 4) is 23.7 Å². The van der Waals surface area contributed by atoms with Crippen LogP contribution in [0.5, 0.6) is 0 Å². The van der Waals surface area contributed by atoms with Gasteiger partial charge in [-0.1, -0.05) is 111 Å². The zero-order chi connectivity index (χ0) is 32.5. The predicted octanol–water partition coefficient (Wildman–Crippen LogP) is 5.98. The van der Waals surface area contributed by atoms with Crippen molar-refractivity contribution in [3.63, 3.8) is 0 Å². The van der Waals surface area contributed by atoms with Crippen LogP contribution >= 0.6 is 0 Å². The molecule has 0 saturated carbocycles. The number of carbonyl (C=O) groups is 2. The third-order valence-electron chi connectivity index (χ3n) is 7.85. The maximum absolute atomic E-state index is 13.4. The van der Waals surface area contributed by atoms with Crippen molar-refractivity contribution in [2.75, 3.05) is 0 Å². The Morgan fingerprint density at radius 2 is 1.50 bits per heavy atom. The molecule has 0 saturated heterocycles. The first-order valence-electron chi connectivity index (χ1n) is 15.5. The number of allylic oxidation sites excluding steroid dienone is 1. The number of carbonyl (C=O) groups excluding carboxylic acids is 2. The van der Waals surface area contributed by atoms with Crippen LogP contribution in [0.1, 0.15) is 80.6 Å². The molecule has 2 aromatic rings. The molecule has 0 bridgehead atoms. The third kappa shape index (κ3) is 9.29. The molecule has 4 atom stereocenters. The minimum Gasteiger partial charge on any atom is -0.459 e. The maximum atomic E-state index is 13.4. The monoisotopic (exact) mass is 612 g/mol. The Morgan fingerprint density at radius 3 is 2.00 bits per heavy atom. The van der Waals surface area contributed by atoms with Gasteiger partial charge >= 0.3 is 5.97 Å². The van der Waals surface area contributed by atoms with E-state index in [9.17, 15) is 14.7 Å². The number of benzene rings is 2. The minimum atomic E-state index is -2.95. The highest BCUT2D eigenvalue weighted by Crippen LogP contribution is 2.38. The summed E-state index contributed by atoms with van der Waals surface area (Å²) in [5.74, 6) is 10.4. The number of ether oxygens (including phenoxy) is 1. The molecule has 3 unspecified atom stereocenters. The summed E-state index contributed by atoms with van der Waals surface area (Å²) in [5, 5.41) is 13.1. The molecule has 5 nitrogen and oxygen atoms in total. The fourth-order valence-electron chi connectivity index (χ4n) is 5.62. The molecular formula is C38H48O5Si. The first-order valence-corrected chi connectivity index (χ1v) is 17.4. The predicted molar refractivity (Wildman–Crippen MR) is 180 cm³/mol. The SMILES string of the molecule is C=C(C)[C@H]1CCC#CC(O[Si](c2ccccc2)(c2ccccc2)C(C)(C)C)CC(O)C#CCC(C(=O)OC(C)(C)C)C(=O)C1. The van der Waals surface area contributed by atoms with E-state index in [-0.39, 0.29) is 36.0 Å². The first-order chi connectivity index (χ1) is 20.6. The van der Waals surface area contributed by atoms with E-state index >= 15 is 0 Å². The Bertz CT molecular complexity index is 1370. The number of hydrogen-bond donors (Lipinski definition) is 1. The Kier molecular flexibility index (Phi) is 12.0. The smallest absolute Gasteiger partial charge is 0.317 e. The summed E-state index contributed by atoms with van der Waals surface area (Å²) in [5.41, 5.74) is 0.134. The number of hydrogen-bond acceptors (Lipinski definition) is 5. The van der Waals surface area contributed by atoms with Gasteiger partial charge in [-0.15, -0.1) is 5.92 Å². The lowest BCUT2D eigenvalue weighted by molar-refractivity contribution is -0.162. The van der Waals surface area contributed by atoms with Gasteiger partial charge in [0.2, 0.25) is 0 Å². The zero-order valence-corrected chi connectivity index (χ0v) is 28.4. The van der Waals surface area contributed by atoms with Crippen LogP contribution in [0.4, 0.5) is 0 Å². The second kappa shape index (κ2) is 15.0. The molecule has 0 spiro atoms. The van der Waals surface area contributed by atoms with E-state index in [0.29, 0.717) is 12.8 Å². The van der Waals surface area contributed by atoms with Gasteiger partial charge in [0.05, 0.1) is 0 Å². The molecule has 1 N–H and O–H groups in total. The van der Waals surface area contributed by atoms with Crippen molar-refractivity contribution < 1.29 is 23.9 Å². The summed E-state index contributed by atoms with van der Waals surface area (Å²) in [4.78, 5) is 26.4. The molecule has 0 aromatic heterocycles. The lowest BCUT2D eigenvalue weighted by Crippen LogP contribution is -2.67. The van der Waals surface area contributed by atoms with Crippen molar-refractivity contribution in [1.29, 1.82) is 0 Å². The van der Waals surface area contributed by atoms with Crippen molar-refractivity contribution in [3.05, 3.63) is 72.8 Å². The largest absolute Gasteiger partial charge is 0.459 e. The van der Waals surface area contributed by atoms with Crippen molar-refractivity contribution in [1.82, 2.24) is 0 Å². The number of Topliss-reactive ketones (excluding diaryl/α,β-unsaturated/α-hetero) is 1. The van der Waals surface area contributed by atoms with Crippen LogP contribution in [0.3, 0.4) is 0 Å². The van der Waals surface area contributed by atoms with Crippen LogP contribution in [0.15, 0.2) is 72.8 Å². The van der Waals surface area contributed by atoms with E-state index in [0.717, 1.165) is 15.9 Å². The fraction of sp³-hybridized carbons (Fsp3) is 0.474. The molecule has 6 heteroatoms. The topological polar surface area (TPSA) is 72.8 Å². The van der Waals surface area contributed by atoms with Crippen molar-refractivity contribution in [2.24, 2.45) is 11.8 Å². The van der Waals surface area contributed by atoms with Gasteiger partial charge in [0.15, 0.2) is 0 Å². The van der Waals surface area contributed by atoms with Crippen molar-refractivity contribution in [2.45, 2.75) is 103 Å². The number of rotatable bonds is 6. The number of ketones is 1. The zero-order valence-electron chi connectivity index (χ0n) is 27.4. The second-order valence-electron chi connectivity index (χ2n) is 13.7. The van der Waals surface area contributed by atoms with Crippen LogP contribution in [-0.4, -0.2) is 43.0 Å². The standard InChI is InChI=1S/C38H48O5Si/c1-28(2)29-18-15-16-20-31(27-30(39)19-17-25-34(35(40)26-29)36(41)42-37(3,4)5)43-44(38(6,7)8,32-21-11-9-12-22-32)33-23-13-10-14-24-33/h9-14,21-24,29-31,34,39H,1,15,18,25-27H2,2-8H3/t29-,30?,31?,34?/m0/s1. The summed E-state index contributed by atoms with van der Waals surface area (Å²) in [6.07, 6.45) is -0.223. The maximum Gasteiger partial charge on any atom is 0.317 e. The Morgan fingerprint density at radius 1 is 0.932 bits per heavy atom. The Balaban J connectivity index is 2.06. The number of aliphatic hydroxyl groups excluding tert-OH is 1. The van der Waals surface area contributed by atoms with Crippen LogP contribution in [0.2, 0.25) is 5.04 Å². The quantitative estimate of drug-likeness (QED) is 0.143. The summed E-state index contributed by atoms with van der Waals surface area (Å²) >= 11 is 0. The molecular weight excluding hydrogens is 564 g/mol. The van der Waals surface area contributed by atoms with Gasteiger partial charge < -0.3 is 14.3 Å². The number of aliphatic hydroxyl groups is 1. The molecule has 0 aliphatic heterocycles. The van der Waals surface area contributed by atoms with Gasteiger partial charge in [-0.05, 0) is 55.4 Å². The first kappa shape index (κ1) is 35.1. The molecule has 0 heterocycles. The highest BCUT2D eigenvalue weighted by molar-refractivity contribution is 6.99. The molecule has 44 heavy (non-hydrogen) atoms. The van der Waals surface area contributed by atoms with E-state index in [2.05, 4.69) is 75.3 Å². The van der Waals surface area contributed by atoms with Gasteiger partial charge in [-0.2, -0.15) is 0 Å². The highest BCUT2D eigenvalue weighted by Gasteiger charge is 2.51. The van der Waals surface area contributed by atoms with Crippen LogP contribution < -0.4 is 10.4 Å². The van der Waals surface area contributed by atoms with E-state index in [4.69, 9.17) is 9.16 Å². The highest BCUT2D eigenvalue weighted by atomic mass is 28.4. The van der Waals surface area contributed by atoms with Crippen LogP contribution in [0.25, 0.3) is 0 Å². The summed E-state index contributed by atoms with van der Waals surface area (Å²) < 4.78 is 12.8. The van der Waals surface area contributed by atoms with Gasteiger partial charge in [-0.3, -0.25) is 9.59 Å². The minimum absolute atomic E-state index is 0.0281. The van der Waals surface area contributed by atoms with E-state index in [1.807, 2.05) is 43.3 Å². The van der Waals surface area contributed by atoms with E-state index in [1.165, 1.54) is 0 Å². The molecule has 1 aliphatic rings. The Labute approximate surface area is 265 Å². The average molecular weight is 613 g/mol. The van der Waals surface area contributed by atoms with E-state index in [1.54, 1.807) is 20.8 Å². The summed E-state index contributed by atoms with van der Waals surface area (Å²) in [6.45, 7) is 18.0. The molecule has 3 rings (SSSR count). The molecule has 234 valence electrons.